The quantitative estimate of drug-likeness (QED) is 0.738. The molecule has 0 aliphatic carbocycles. The summed E-state index contributed by atoms with van der Waals surface area (Å²) in [6.07, 6.45) is 0.398. The van der Waals surface area contributed by atoms with Gasteiger partial charge in [0.2, 0.25) is 5.91 Å². The molecule has 5 nitrogen and oxygen atoms in total. The first-order valence-electron chi connectivity index (χ1n) is 6.91. The van der Waals surface area contributed by atoms with Crippen LogP contribution in [0, 0.1) is 0 Å². The summed E-state index contributed by atoms with van der Waals surface area (Å²) < 4.78 is 5.66. The summed E-state index contributed by atoms with van der Waals surface area (Å²) >= 11 is 0. The molecule has 0 aromatic heterocycles. The molecule has 0 fully saturated rings. The van der Waals surface area contributed by atoms with Crippen molar-refractivity contribution in [1.82, 2.24) is 0 Å². The maximum atomic E-state index is 11.4. The molecule has 1 atom stereocenters. The fourth-order valence-electron chi connectivity index (χ4n) is 2.89. The Morgan fingerprint density at radius 3 is 3.05 bits per heavy atom. The second-order valence-electron chi connectivity index (χ2n) is 5.37. The summed E-state index contributed by atoms with van der Waals surface area (Å²) in [6, 6.07) is 11.8. The number of fused-ring (bicyclic) bond motifs is 2. The van der Waals surface area contributed by atoms with E-state index in [0.717, 1.165) is 28.3 Å². The van der Waals surface area contributed by atoms with E-state index in [4.69, 9.17) is 10.5 Å². The van der Waals surface area contributed by atoms with E-state index < -0.39 is 0 Å². The molecule has 21 heavy (non-hydrogen) atoms. The highest BCUT2D eigenvalue weighted by atomic mass is 16.5. The minimum Gasteiger partial charge on any atom is -0.491 e. The van der Waals surface area contributed by atoms with Crippen LogP contribution >= 0.6 is 0 Å². The zero-order valence-electron chi connectivity index (χ0n) is 11.3. The molecule has 2 aromatic rings. The number of ether oxygens (including phenoxy) is 1. The molecule has 2 aromatic carbocycles. The number of hydrogen-bond acceptors (Lipinski definition) is 4. The molecule has 0 saturated carbocycles. The van der Waals surface area contributed by atoms with Gasteiger partial charge >= 0.3 is 0 Å². The van der Waals surface area contributed by atoms with E-state index in [-0.39, 0.29) is 11.9 Å². The van der Waals surface area contributed by atoms with E-state index in [1.807, 2.05) is 36.4 Å². The molecule has 1 unspecified atom stereocenters. The Morgan fingerprint density at radius 1 is 1.29 bits per heavy atom. The van der Waals surface area contributed by atoms with E-state index in [0.29, 0.717) is 18.7 Å². The molecule has 4 N–H and O–H groups in total. The number of hydrogen-bond donors (Lipinski definition) is 3. The first-order chi connectivity index (χ1) is 10.2. The summed E-state index contributed by atoms with van der Waals surface area (Å²) in [4.78, 5) is 11.4. The van der Waals surface area contributed by atoms with Crippen molar-refractivity contribution in [2.75, 3.05) is 23.0 Å². The molecule has 0 saturated heterocycles. The van der Waals surface area contributed by atoms with Gasteiger partial charge in [-0.2, -0.15) is 0 Å². The van der Waals surface area contributed by atoms with Crippen molar-refractivity contribution in [3.8, 4) is 5.75 Å². The molecule has 4 rings (SSSR count). The number of para-hydroxylation sites is 1. The fourth-order valence-corrected chi connectivity index (χ4v) is 2.89. The Morgan fingerprint density at radius 2 is 2.14 bits per heavy atom. The maximum absolute atomic E-state index is 11.4. The second kappa shape index (κ2) is 4.41. The molecular weight excluding hydrogens is 266 g/mol. The van der Waals surface area contributed by atoms with Gasteiger partial charge in [-0.05, 0) is 23.8 Å². The van der Waals surface area contributed by atoms with Gasteiger partial charge in [0.05, 0.1) is 23.8 Å². The lowest BCUT2D eigenvalue weighted by atomic mass is 10.1. The van der Waals surface area contributed by atoms with Crippen molar-refractivity contribution < 1.29 is 9.53 Å². The summed E-state index contributed by atoms with van der Waals surface area (Å²) in [7, 11) is 0. The van der Waals surface area contributed by atoms with Crippen LogP contribution in [0.3, 0.4) is 0 Å². The van der Waals surface area contributed by atoms with Crippen LogP contribution in [0.4, 0.5) is 17.1 Å². The molecule has 0 spiro atoms. The van der Waals surface area contributed by atoms with Crippen LogP contribution < -0.4 is 21.1 Å². The third-order valence-electron chi connectivity index (χ3n) is 3.93. The van der Waals surface area contributed by atoms with Crippen LogP contribution in [0.25, 0.3) is 0 Å². The number of nitrogens with two attached hydrogens (primary N) is 1. The van der Waals surface area contributed by atoms with Gasteiger partial charge in [-0.25, -0.2) is 0 Å². The van der Waals surface area contributed by atoms with Gasteiger partial charge in [0.15, 0.2) is 0 Å². The number of amides is 1. The van der Waals surface area contributed by atoms with Crippen molar-refractivity contribution in [3.63, 3.8) is 0 Å². The van der Waals surface area contributed by atoms with Gasteiger partial charge < -0.3 is 21.1 Å². The molecular formula is C16H15N3O2. The lowest BCUT2D eigenvalue weighted by Gasteiger charge is -2.16. The molecule has 0 radical (unpaired) electrons. The topological polar surface area (TPSA) is 76.4 Å². The summed E-state index contributed by atoms with van der Waals surface area (Å²) in [5.74, 6) is 0.916. The average Bonchev–Trinajstić information content (AvgIpc) is 3.02. The van der Waals surface area contributed by atoms with E-state index in [1.165, 1.54) is 0 Å². The Bertz CT molecular complexity index is 742. The van der Waals surface area contributed by atoms with Crippen molar-refractivity contribution >= 4 is 23.0 Å². The Hall–Kier alpha value is -2.69. The molecule has 1 amide bonds. The minimum atomic E-state index is 0.0103. The number of carbonyl (C=O) groups excluding carboxylic acids is 1. The standard InChI is InChI=1S/C16H15N3O2/c17-11-5-9-6-16(20)19-12(9)7-13(11)18-14-8-21-15-4-2-1-3-10(14)15/h1-5,7,14,18H,6,8,17H2,(H,19,20). The van der Waals surface area contributed by atoms with Crippen molar-refractivity contribution in [2.24, 2.45) is 0 Å². The summed E-state index contributed by atoms with van der Waals surface area (Å²) in [5.41, 5.74) is 10.5. The lowest BCUT2D eigenvalue weighted by molar-refractivity contribution is -0.115. The van der Waals surface area contributed by atoms with Crippen molar-refractivity contribution in [3.05, 3.63) is 47.5 Å². The zero-order chi connectivity index (χ0) is 14.4. The molecule has 2 heterocycles. The van der Waals surface area contributed by atoms with Crippen molar-refractivity contribution in [2.45, 2.75) is 12.5 Å². The van der Waals surface area contributed by atoms with Gasteiger partial charge in [0, 0.05) is 11.3 Å². The van der Waals surface area contributed by atoms with Gasteiger partial charge in [0.1, 0.15) is 12.4 Å². The number of anilines is 3. The van der Waals surface area contributed by atoms with Crippen LogP contribution in [-0.2, 0) is 11.2 Å². The predicted octanol–water partition coefficient (Wildman–Crippen LogP) is 2.31. The van der Waals surface area contributed by atoms with Gasteiger partial charge in [-0.3, -0.25) is 4.79 Å². The molecule has 0 bridgehead atoms. The third kappa shape index (κ3) is 1.98. The summed E-state index contributed by atoms with van der Waals surface area (Å²) in [6.45, 7) is 0.572. The smallest absolute Gasteiger partial charge is 0.228 e. The molecule has 5 heteroatoms. The van der Waals surface area contributed by atoms with E-state index in [2.05, 4.69) is 10.6 Å². The third-order valence-corrected chi connectivity index (χ3v) is 3.93. The van der Waals surface area contributed by atoms with Crippen LogP contribution in [0.15, 0.2) is 36.4 Å². The number of benzene rings is 2. The van der Waals surface area contributed by atoms with Gasteiger partial charge in [-0.15, -0.1) is 0 Å². The minimum absolute atomic E-state index is 0.0103. The van der Waals surface area contributed by atoms with E-state index in [9.17, 15) is 4.79 Å². The van der Waals surface area contributed by atoms with E-state index >= 15 is 0 Å². The Labute approximate surface area is 122 Å². The first kappa shape index (κ1) is 12.1. The SMILES string of the molecule is Nc1cc2c(cc1NC1COc3ccccc31)NC(=O)C2. The molecule has 2 aliphatic heterocycles. The number of rotatable bonds is 2. The highest BCUT2D eigenvalue weighted by molar-refractivity contribution is 6.00. The number of carbonyl (C=O) groups is 1. The number of nitrogen functional groups attached to an aromatic ring is 1. The Balaban J connectivity index is 1.64. The highest BCUT2D eigenvalue weighted by Gasteiger charge is 2.25. The van der Waals surface area contributed by atoms with Gasteiger partial charge in [-0.1, -0.05) is 18.2 Å². The van der Waals surface area contributed by atoms with Crippen LogP contribution in [0.5, 0.6) is 5.75 Å². The summed E-state index contributed by atoms with van der Waals surface area (Å²) in [5, 5.41) is 6.25. The monoisotopic (exact) mass is 281 g/mol. The van der Waals surface area contributed by atoms with Crippen LogP contribution in [0.2, 0.25) is 0 Å². The second-order valence-corrected chi connectivity index (χ2v) is 5.37. The Kier molecular flexibility index (Phi) is 2.54. The first-order valence-corrected chi connectivity index (χ1v) is 6.91. The predicted molar refractivity (Wildman–Crippen MR) is 81.5 cm³/mol. The zero-order valence-corrected chi connectivity index (χ0v) is 11.3. The molecule has 2 aliphatic rings. The maximum Gasteiger partial charge on any atom is 0.228 e. The average molecular weight is 281 g/mol. The number of nitrogens with one attached hydrogen (secondary N) is 2. The van der Waals surface area contributed by atoms with E-state index in [1.54, 1.807) is 0 Å². The molecule has 106 valence electrons. The fraction of sp³-hybridized carbons (Fsp3) is 0.188. The van der Waals surface area contributed by atoms with Crippen LogP contribution in [0.1, 0.15) is 17.2 Å². The highest BCUT2D eigenvalue weighted by Crippen LogP contribution is 2.37. The lowest BCUT2D eigenvalue weighted by Crippen LogP contribution is -2.13. The van der Waals surface area contributed by atoms with Crippen LogP contribution in [-0.4, -0.2) is 12.5 Å². The van der Waals surface area contributed by atoms with Crippen molar-refractivity contribution in [1.29, 1.82) is 0 Å². The largest absolute Gasteiger partial charge is 0.491 e. The normalized spacial score (nSPS) is 18.7. The van der Waals surface area contributed by atoms with Gasteiger partial charge in [0.25, 0.3) is 0 Å².